The lowest BCUT2D eigenvalue weighted by molar-refractivity contribution is 0.0696. The van der Waals surface area contributed by atoms with Gasteiger partial charge in [-0.1, -0.05) is 12.1 Å². The van der Waals surface area contributed by atoms with E-state index in [1.54, 1.807) is 18.2 Å². The number of rotatable bonds is 3. The number of benzene rings is 1. The third kappa shape index (κ3) is 2.55. The van der Waals surface area contributed by atoms with Gasteiger partial charge in [-0.15, -0.1) is 0 Å². The van der Waals surface area contributed by atoms with Crippen LogP contribution in [0.3, 0.4) is 0 Å². The maximum atomic E-state index is 11.0. The molecule has 104 valence electrons. The Labute approximate surface area is 116 Å². The van der Waals surface area contributed by atoms with Gasteiger partial charge in [0.2, 0.25) is 0 Å². The molecule has 0 spiro atoms. The fraction of sp³-hybridized carbons (Fsp3) is 0.357. The first-order valence-electron chi connectivity index (χ1n) is 6.57. The molecule has 0 amide bonds. The molecular formula is C14H16N4O2. The molecule has 0 radical (unpaired) electrons. The molecule has 6 nitrogen and oxygen atoms in total. The zero-order valence-electron chi connectivity index (χ0n) is 11.3. The Morgan fingerprint density at radius 3 is 3.05 bits per heavy atom. The van der Waals surface area contributed by atoms with Crippen molar-refractivity contribution in [2.24, 2.45) is 0 Å². The van der Waals surface area contributed by atoms with Crippen molar-refractivity contribution in [3.05, 3.63) is 47.0 Å². The van der Waals surface area contributed by atoms with Gasteiger partial charge in [0.1, 0.15) is 11.6 Å². The molecule has 0 saturated carbocycles. The Kier molecular flexibility index (Phi) is 3.23. The van der Waals surface area contributed by atoms with Crippen LogP contribution in [-0.2, 0) is 19.6 Å². The highest BCUT2D eigenvalue weighted by Crippen LogP contribution is 2.14. The summed E-state index contributed by atoms with van der Waals surface area (Å²) in [7, 11) is 0. The van der Waals surface area contributed by atoms with Gasteiger partial charge in [-0.25, -0.2) is 14.5 Å². The van der Waals surface area contributed by atoms with Crippen LogP contribution in [0.15, 0.2) is 24.3 Å². The van der Waals surface area contributed by atoms with E-state index in [0.717, 1.165) is 43.4 Å². The summed E-state index contributed by atoms with van der Waals surface area (Å²) in [6, 6.07) is 7.08. The summed E-state index contributed by atoms with van der Waals surface area (Å²) in [5.41, 5.74) is 1.34. The lowest BCUT2D eigenvalue weighted by Gasteiger charge is -2.26. The van der Waals surface area contributed by atoms with Crippen LogP contribution in [0.25, 0.3) is 0 Å². The lowest BCUT2D eigenvalue weighted by Crippen LogP contribution is -2.33. The molecule has 0 aliphatic carbocycles. The van der Waals surface area contributed by atoms with Crippen molar-refractivity contribution in [3.63, 3.8) is 0 Å². The van der Waals surface area contributed by atoms with Crippen molar-refractivity contribution in [1.82, 2.24) is 19.7 Å². The molecule has 0 atom stereocenters. The van der Waals surface area contributed by atoms with Crippen LogP contribution in [0.2, 0.25) is 0 Å². The maximum absolute atomic E-state index is 11.0. The van der Waals surface area contributed by atoms with Gasteiger partial charge in [-0.05, 0) is 24.6 Å². The van der Waals surface area contributed by atoms with E-state index < -0.39 is 5.97 Å². The summed E-state index contributed by atoms with van der Waals surface area (Å²) in [5.74, 6) is 0.888. The molecule has 1 aromatic carbocycles. The molecule has 0 unspecified atom stereocenters. The zero-order valence-corrected chi connectivity index (χ0v) is 11.3. The predicted molar refractivity (Wildman–Crippen MR) is 72.3 cm³/mol. The molecular weight excluding hydrogens is 256 g/mol. The van der Waals surface area contributed by atoms with E-state index >= 15 is 0 Å². The topological polar surface area (TPSA) is 71.2 Å². The molecule has 2 aromatic rings. The lowest BCUT2D eigenvalue weighted by atomic mass is 10.1. The summed E-state index contributed by atoms with van der Waals surface area (Å²) in [6.45, 7) is 5.10. The monoisotopic (exact) mass is 272 g/mol. The van der Waals surface area contributed by atoms with Gasteiger partial charge < -0.3 is 5.11 Å². The molecule has 0 saturated heterocycles. The average Bonchev–Trinajstić information content (AvgIpc) is 2.78. The summed E-state index contributed by atoms with van der Waals surface area (Å²) in [6.07, 6.45) is 0. The predicted octanol–water partition coefficient (Wildman–Crippen LogP) is 1.30. The van der Waals surface area contributed by atoms with Gasteiger partial charge in [0.15, 0.2) is 0 Å². The van der Waals surface area contributed by atoms with E-state index in [0.29, 0.717) is 5.56 Å². The fourth-order valence-corrected chi connectivity index (χ4v) is 2.51. The number of hydrogen-bond acceptors (Lipinski definition) is 4. The van der Waals surface area contributed by atoms with E-state index in [-0.39, 0.29) is 0 Å². The van der Waals surface area contributed by atoms with Crippen LogP contribution in [0.4, 0.5) is 0 Å². The molecule has 0 bridgehead atoms. The molecule has 6 heteroatoms. The number of fused-ring (bicyclic) bond motifs is 1. The Morgan fingerprint density at radius 1 is 1.40 bits per heavy atom. The quantitative estimate of drug-likeness (QED) is 0.912. The second-order valence-corrected chi connectivity index (χ2v) is 5.01. The second-order valence-electron chi connectivity index (χ2n) is 5.01. The largest absolute Gasteiger partial charge is 0.478 e. The first-order chi connectivity index (χ1) is 9.61. The normalized spacial score (nSPS) is 15.1. The molecule has 3 rings (SSSR count). The zero-order chi connectivity index (χ0) is 14.1. The van der Waals surface area contributed by atoms with Crippen LogP contribution < -0.4 is 0 Å². The van der Waals surface area contributed by atoms with Crippen molar-refractivity contribution in [1.29, 1.82) is 0 Å². The Morgan fingerprint density at radius 2 is 2.25 bits per heavy atom. The molecule has 1 N–H and O–H groups in total. The number of aryl methyl sites for hydroxylation is 1. The van der Waals surface area contributed by atoms with E-state index in [1.165, 1.54) is 0 Å². The Balaban J connectivity index is 1.73. The van der Waals surface area contributed by atoms with Gasteiger partial charge in [-0.3, -0.25) is 4.90 Å². The SMILES string of the molecule is Cc1nc2n(n1)CCN(Cc1cccc(C(=O)O)c1)C2. The second kappa shape index (κ2) is 5.05. The van der Waals surface area contributed by atoms with Gasteiger partial charge in [0, 0.05) is 13.1 Å². The smallest absolute Gasteiger partial charge is 0.335 e. The first-order valence-corrected chi connectivity index (χ1v) is 6.57. The Bertz CT molecular complexity index is 650. The van der Waals surface area contributed by atoms with Crippen molar-refractivity contribution in [2.75, 3.05) is 6.54 Å². The minimum absolute atomic E-state index is 0.332. The summed E-state index contributed by atoms with van der Waals surface area (Å²) in [5, 5.41) is 13.3. The maximum Gasteiger partial charge on any atom is 0.335 e. The highest BCUT2D eigenvalue weighted by molar-refractivity contribution is 5.87. The summed E-state index contributed by atoms with van der Waals surface area (Å²) < 4.78 is 1.94. The van der Waals surface area contributed by atoms with Crippen LogP contribution in [-0.4, -0.2) is 37.3 Å². The number of carbonyl (C=O) groups is 1. The number of nitrogens with zero attached hydrogens (tertiary/aromatic N) is 4. The number of carboxylic acids is 1. The molecule has 1 aliphatic rings. The van der Waals surface area contributed by atoms with Crippen molar-refractivity contribution >= 4 is 5.97 Å². The van der Waals surface area contributed by atoms with Crippen molar-refractivity contribution in [3.8, 4) is 0 Å². The molecule has 0 fully saturated rings. The fourth-order valence-electron chi connectivity index (χ4n) is 2.51. The summed E-state index contributed by atoms with van der Waals surface area (Å²) in [4.78, 5) is 17.6. The molecule has 20 heavy (non-hydrogen) atoms. The van der Waals surface area contributed by atoms with Gasteiger partial charge in [-0.2, -0.15) is 5.10 Å². The third-order valence-corrected chi connectivity index (χ3v) is 3.43. The van der Waals surface area contributed by atoms with Crippen molar-refractivity contribution in [2.45, 2.75) is 26.6 Å². The van der Waals surface area contributed by atoms with Gasteiger partial charge in [0.05, 0.1) is 18.7 Å². The standard InChI is InChI=1S/C14H16N4O2/c1-10-15-13-9-17(5-6-18(13)16-10)8-11-3-2-4-12(7-11)14(19)20/h2-4,7H,5-6,8-9H2,1H3,(H,19,20). The van der Waals surface area contributed by atoms with E-state index in [9.17, 15) is 4.79 Å². The van der Waals surface area contributed by atoms with Crippen LogP contribution >= 0.6 is 0 Å². The van der Waals surface area contributed by atoms with Crippen LogP contribution in [0.1, 0.15) is 27.6 Å². The van der Waals surface area contributed by atoms with Crippen LogP contribution in [0, 0.1) is 6.92 Å². The minimum atomic E-state index is -0.888. The number of aromatic nitrogens is 3. The molecule has 1 aliphatic heterocycles. The van der Waals surface area contributed by atoms with Crippen molar-refractivity contribution < 1.29 is 9.90 Å². The highest BCUT2D eigenvalue weighted by Gasteiger charge is 2.19. The first kappa shape index (κ1) is 12.8. The van der Waals surface area contributed by atoms with E-state index in [2.05, 4.69) is 15.0 Å². The number of aromatic carboxylic acids is 1. The van der Waals surface area contributed by atoms with Gasteiger partial charge >= 0.3 is 5.97 Å². The average molecular weight is 272 g/mol. The molecule has 2 heterocycles. The van der Waals surface area contributed by atoms with E-state index in [1.807, 2.05) is 17.7 Å². The molecule has 1 aromatic heterocycles. The van der Waals surface area contributed by atoms with Crippen LogP contribution in [0.5, 0.6) is 0 Å². The minimum Gasteiger partial charge on any atom is -0.478 e. The number of carboxylic acid groups (broad SMARTS) is 1. The van der Waals surface area contributed by atoms with Gasteiger partial charge in [0.25, 0.3) is 0 Å². The highest BCUT2D eigenvalue weighted by atomic mass is 16.4. The summed E-state index contributed by atoms with van der Waals surface area (Å²) >= 11 is 0. The Hall–Kier alpha value is -2.21. The van der Waals surface area contributed by atoms with E-state index in [4.69, 9.17) is 5.11 Å². The number of hydrogen-bond donors (Lipinski definition) is 1. The third-order valence-electron chi connectivity index (χ3n) is 3.43.